The van der Waals surface area contributed by atoms with E-state index in [1.807, 2.05) is 0 Å². The van der Waals surface area contributed by atoms with Crippen molar-refractivity contribution in [2.45, 2.75) is 60.3 Å². The Labute approximate surface area is 72.4 Å². The maximum Gasteiger partial charge on any atom is -0.0326 e. The molecule has 0 aliphatic rings. The lowest BCUT2D eigenvalue weighted by atomic mass is 9.76. The van der Waals surface area contributed by atoms with Gasteiger partial charge in [-0.25, -0.2) is 0 Å². The lowest BCUT2D eigenvalue weighted by Gasteiger charge is -2.29. The molecule has 0 saturated carbocycles. The monoisotopic (exact) mass is 156 g/mol. The second-order valence-corrected chi connectivity index (χ2v) is 4.51. The van der Waals surface area contributed by atoms with Crippen LogP contribution >= 0.6 is 0 Å². The van der Waals surface area contributed by atoms with Gasteiger partial charge in [0.15, 0.2) is 0 Å². The molecule has 0 N–H and O–H groups in total. The molecule has 0 aliphatic heterocycles. The average molecular weight is 156 g/mol. The first-order valence-corrected chi connectivity index (χ1v) is 5.04. The third-order valence-corrected chi connectivity index (χ3v) is 2.61. The van der Waals surface area contributed by atoms with E-state index in [1.165, 1.54) is 25.7 Å². The molecule has 0 aromatic carbocycles. The van der Waals surface area contributed by atoms with Crippen LogP contribution in [0.2, 0.25) is 0 Å². The first kappa shape index (κ1) is 11.0. The van der Waals surface area contributed by atoms with Gasteiger partial charge >= 0.3 is 0 Å². The van der Waals surface area contributed by atoms with Gasteiger partial charge < -0.3 is 0 Å². The van der Waals surface area contributed by atoms with Crippen LogP contribution in [0, 0.1) is 11.3 Å². The van der Waals surface area contributed by atoms with Crippen LogP contribution in [-0.2, 0) is 0 Å². The van der Waals surface area contributed by atoms with Crippen molar-refractivity contribution in [2.75, 3.05) is 0 Å². The lowest BCUT2D eigenvalue weighted by molar-refractivity contribution is 0.224. The van der Waals surface area contributed by atoms with E-state index in [2.05, 4.69) is 34.6 Å². The summed E-state index contributed by atoms with van der Waals surface area (Å²) >= 11 is 0. The van der Waals surface area contributed by atoms with E-state index in [4.69, 9.17) is 0 Å². The minimum absolute atomic E-state index is 0.614. The Bertz CT molecular complexity index is 94.2. The summed E-state index contributed by atoms with van der Waals surface area (Å²) in [5.74, 6) is 0.853. The third kappa shape index (κ3) is 4.44. The Morgan fingerprint density at radius 2 is 1.73 bits per heavy atom. The van der Waals surface area contributed by atoms with Crippen molar-refractivity contribution in [3.05, 3.63) is 0 Å². The Hall–Kier alpha value is 0. The molecule has 0 aromatic heterocycles. The lowest BCUT2D eigenvalue weighted by Crippen LogP contribution is -2.17. The summed E-state index contributed by atoms with van der Waals surface area (Å²) < 4.78 is 0. The van der Waals surface area contributed by atoms with E-state index in [9.17, 15) is 0 Å². The van der Waals surface area contributed by atoms with Gasteiger partial charge in [0.25, 0.3) is 0 Å². The van der Waals surface area contributed by atoms with Crippen LogP contribution in [-0.4, -0.2) is 0 Å². The van der Waals surface area contributed by atoms with Crippen LogP contribution in [0.25, 0.3) is 0 Å². The smallest absolute Gasteiger partial charge is 0.0326 e. The van der Waals surface area contributed by atoms with Crippen LogP contribution in [0.3, 0.4) is 0 Å². The molecule has 0 heterocycles. The molecule has 0 rings (SSSR count). The van der Waals surface area contributed by atoms with Crippen LogP contribution in [0.1, 0.15) is 60.3 Å². The van der Waals surface area contributed by atoms with Gasteiger partial charge in [0.05, 0.1) is 0 Å². The Kier molecular flexibility index (Phi) is 4.79. The highest BCUT2D eigenvalue weighted by Crippen LogP contribution is 2.34. The van der Waals surface area contributed by atoms with Crippen molar-refractivity contribution in [1.29, 1.82) is 0 Å². The standard InChI is InChI=1S/C11H24/c1-6-8-11(5,7-2)9-10(3)4/h10H,6-9H2,1-5H3. The van der Waals surface area contributed by atoms with E-state index in [-0.39, 0.29) is 0 Å². The molecule has 0 saturated heterocycles. The molecular weight excluding hydrogens is 132 g/mol. The van der Waals surface area contributed by atoms with Crippen molar-refractivity contribution < 1.29 is 0 Å². The molecule has 0 fully saturated rings. The molecule has 1 unspecified atom stereocenters. The van der Waals surface area contributed by atoms with Crippen molar-refractivity contribution >= 4 is 0 Å². The molecule has 0 amide bonds. The van der Waals surface area contributed by atoms with Crippen molar-refractivity contribution in [1.82, 2.24) is 0 Å². The molecule has 11 heavy (non-hydrogen) atoms. The fourth-order valence-corrected chi connectivity index (χ4v) is 2.01. The summed E-state index contributed by atoms with van der Waals surface area (Å²) in [4.78, 5) is 0. The summed E-state index contributed by atoms with van der Waals surface area (Å²) in [6, 6.07) is 0. The molecule has 0 aliphatic carbocycles. The van der Waals surface area contributed by atoms with E-state index >= 15 is 0 Å². The average Bonchev–Trinajstić information content (AvgIpc) is 1.87. The molecule has 0 spiro atoms. The first-order chi connectivity index (χ1) is 5.04. The number of hydrogen-bond acceptors (Lipinski definition) is 0. The highest BCUT2D eigenvalue weighted by Gasteiger charge is 2.21. The van der Waals surface area contributed by atoms with Gasteiger partial charge in [-0.15, -0.1) is 0 Å². The third-order valence-electron chi connectivity index (χ3n) is 2.61. The second-order valence-electron chi connectivity index (χ2n) is 4.51. The predicted molar refractivity (Wildman–Crippen MR) is 52.8 cm³/mol. The Balaban J connectivity index is 3.87. The van der Waals surface area contributed by atoms with E-state index in [0.29, 0.717) is 5.41 Å². The zero-order valence-electron chi connectivity index (χ0n) is 8.91. The second kappa shape index (κ2) is 4.79. The molecular formula is C11H24. The van der Waals surface area contributed by atoms with Crippen LogP contribution in [0.4, 0.5) is 0 Å². The minimum Gasteiger partial charge on any atom is -0.0654 e. The maximum absolute atomic E-state index is 2.43. The zero-order chi connectivity index (χ0) is 8.91. The largest absolute Gasteiger partial charge is 0.0654 e. The summed E-state index contributed by atoms with van der Waals surface area (Å²) in [6.07, 6.45) is 5.44. The van der Waals surface area contributed by atoms with Crippen molar-refractivity contribution in [2.24, 2.45) is 11.3 Å². The highest BCUT2D eigenvalue weighted by molar-refractivity contribution is 4.73. The van der Waals surface area contributed by atoms with Gasteiger partial charge in [-0.3, -0.25) is 0 Å². The highest BCUT2D eigenvalue weighted by atomic mass is 14.3. The number of hydrogen-bond donors (Lipinski definition) is 0. The summed E-state index contributed by atoms with van der Waals surface area (Å²) in [7, 11) is 0. The van der Waals surface area contributed by atoms with Crippen molar-refractivity contribution in [3.8, 4) is 0 Å². The SMILES string of the molecule is CCCC(C)(CC)CC(C)C. The molecule has 0 nitrogen and oxygen atoms in total. The van der Waals surface area contributed by atoms with Gasteiger partial charge in [0, 0.05) is 0 Å². The van der Waals surface area contributed by atoms with Crippen LogP contribution < -0.4 is 0 Å². The Morgan fingerprint density at radius 3 is 2.00 bits per heavy atom. The van der Waals surface area contributed by atoms with Gasteiger partial charge in [-0.2, -0.15) is 0 Å². The van der Waals surface area contributed by atoms with Gasteiger partial charge in [-0.05, 0) is 24.2 Å². The topological polar surface area (TPSA) is 0 Å². The molecule has 1 atom stereocenters. The summed E-state index contributed by atoms with van der Waals surface area (Å²) in [5, 5.41) is 0. The van der Waals surface area contributed by atoms with Crippen LogP contribution in [0.15, 0.2) is 0 Å². The van der Waals surface area contributed by atoms with Gasteiger partial charge in [0.1, 0.15) is 0 Å². The van der Waals surface area contributed by atoms with Gasteiger partial charge in [-0.1, -0.05) is 47.5 Å². The quantitative estimate of drug-likeness (QED) is 0.558. The van der Waals surface area contributed by atoms with Gasteiger partial charge in [0.2, 0.25) is 0 Å². The molecule has 0 radical (unpaired) electrons. The molecule has 68 valence electrons. The first-order valence-electron chi connectivity index (χ1n) is 5.04. The van der Waals surface area contributed by atoms with Crippen molar-refractivity contribution in [3.63, 3.8) is 0 Å². The Morgan fingerprint density at radius 1 is 1.18 bits per heavy atom. The summed E-state index contributed by atoms with van der Waals surface area (Å²) in [5.41, 5.74) is 0.614. The van der Waals surface area contributed by atoms with E-state index in [0.717, 1.165) is 5.92 Å². The maximum atomic E-state index is 2.43. The predicted octanol–water partition coefficient (Wildman–Crippen LogP) is 4.25. The van der Waals surface area contributed by atoms with E-state index < -0.39 is 0 Å². The molecule has 0 heteroatoms. The fraction of sp³-hybridized carbons (Fsp3) is 1.00. The molecule has 0 bridgehead atoms. The number of rotatable bonds is 5. The van der Waals surface area contributed by atoms with E-state index in [1.54, 1.807) is 0 Å². The minimum atomic E-state index is 0.614. The summed E-state index contributed by atoms with van der Waals surface area (Å²) in [6.45, 7) is 11.7. The normalized spacial score (nSPS) is 16.9. The fourth-order valence-electron chi connectivity index (χ4n) is 2.01. The van der Waals surface area contributed by atoms with Crippen LogP contribution in [0.5, 0.6) is 0 Å². The molecule has 0 aromatic rings. The zero-order valence-corrected chi connectivity index (χ0v) is 8.91.